The average Bonchev–Trinajstić information content (AvgIpc) is 3.09. The zero-order valence-electron chi connectivity index (χ0n) is 30.9. The van der Waals surface area contributed by atoms with Gasteiger partial charge < -0.3 is 11.0 Å². The average molecular weight is 649 g/mol. The third kappa shape index (κ3) is 11.8. The van der Waals surface area contributed by atoms with Crippen LogP contribution in [0.4, 0.5) is 0 Å². The first-order valence-corrected chi connectivity index (χ1v) is 20.8. The van der Waals surface area contributed by atoms with Crippen LogP contribution in [0.5, 0.6) is 0 Å². The quantitative estimate of drug-likeness (QED) is 0.235. The number of hydrogen-bond donors (Lipinski definition) is 0. The second-order valence-corrected chi connectivity index (χ2v) is 17.9. The van der Waals surface area contributed by atoms with Crippen LogP contribution in [0.25, 0.3) is 0 Å². The SMILES string of the molecule is C=CC1CCC(C2CCC(C3CCC(C)CC3)CC2)CC1.C=CCCC1CCC(C2CCC(C3CCC(C)CC3)CC2)CC1.O.O.[HH].[HH].[HH].[HH]. The molecule has 0 amide bonds. The van der Waals surface area contributed by atoms with E-state index in [4.69, 9.17) is 0 Å². The van der Waals surface area contributed by atoms with Crippen molar-refractivity contribution < 1.29 is 16.7 Å². The van der Waals surface area contributed by atoms with Crippen LogP contribution in [0.3, 0.4) is 0 Å². The second kappa shape index (κ2) is 20.8. The van der Waals surface area contributed by atoms with Gasteiger partial charge in [0, 0.05) is 5.71 Å². The van der Waals surface area contributed by atoms with Crippen LogP contribution in [0, 0.1) is 71.0 Å². The van der Waals surface area contributed by atoms with E-state index in [1.807, 2.05) is 0 Å². The summed E-state index contributed by atoms with van der Waals surface area (Å²) in [6.07, 6.45) is 43.6. The molecule has 0 aliphatic heterocycles. The smallest absolute Gasteiger partial charge is 0 e. The molecule has 0 aromatic heterocycles. The first-order valence-electron chi connectivity index (χ1n) is 20.8. The summed E-state index contributed by atoms with van der Waals surface area (Å²) in [6, 6.07) is 0. The minimum Gasteiger partial charge on any atom is -0.412 e. The van der Waals surface area contributed by atoms with Crippen LogP contribution in [0.15, 0.2) is 25.3 Å². The third-order valence-electron chi connectivity index (χ3n) is 15.2. The van der Waals surface area contributed by atoms with Gasteiger partial charge in [-0.2, -0.15) is 0 Å². The molecule has 0 saturated heterocycles. The Hall–Kier alpha value is -0.600. The monoisotopic (exact) mass is 649 g/mol. The van der Waals surface area contributed by atoms with Crippen molar-refractivity contribution in [3.05, 3.63) is 25.3 Å². The molecule has 0 aromatic carbocycles. The molecule has 0 spiro atoms. The van der Waals surface area contributed by atoms with Gasteiger partial charge in [-0.1, -0.05) is 64.5 Å². The van der Waals surface area contributed by atoms with Crippen LogP contribution in [-0.2, 0) is 0 Å². The molecule has 46 heavy (non-hydrogen) atoms. The van der Waals surface area contributed by atoms with Gasteiger partial charge in [0.2, 0.25) is 0 Å². The van der Waals surface area contributed by atoms with Crippen molar-refractivity contribution in [2.24, 2.45) is 71.0 Å². The maximum atomic E-state index is 3.99. The summed E-state index contributed by atoms with van der Waals surface area (Å²) in [5.41, 5.74) is 0. The second-order valence-electron chi connectivity index (χ2n) is 17.9. The maximum Gasteiger partial charge on any atom is 0 e. The van der Waals surface area contributed by atoms with E-state index >= 15 is 0 Å². The molecule has 0 heterocycles. The Bertz CT molecular complexity index is 808. The summed E-state index contributed by atoms with van der Waals surface area (Å²) in [4.78, 5) is 0. The molecule has 0 unspecified atom stereocenters. The largest absolute Gasteiger partial charge is 0.412 e. The molecule has 6 saturated carbocycles. The fraction of sp³-hybridized carbons (Fsp3) is 0.909. The highest BCUT2D eigenvalue weighted by molar-refractivity contribution is 4.89. The molecule has 2 heteroatoms. The molecule has 2 nitrogen and oxygen atoms in total. The standard InChI is InChI=1S/C23H40.C21H36.2H2O.4H2/c1-3-4-5-19-8-12-21(13-9-19)23-16-14-22(15-17-23)20-10-6-18(2)7-11-20;1-3-17-6-10-19(11-7-17)21-14-12-20(13-15-21)18-8-4-16(2)5-9-18;;;;;;/h3,18-23H,1,4-17H2,2H3;3,16-21H,1,4-15H2,2H3;2*1H2;4*1H. The van der Waals surface area contributed by atoms with Gasteiger partial charge in [-0.15, -0.1) is 13.2 Å². The molecular weight excluding hydrogens is 560 g/mol. The van der Waals surface area contributed by atoms with Gasteiger partial charge in [-0.3, -0.25) is 0 Å². The molecule has 0 aromatic rings. The van der Waals surface area contributed by atoms with E-state index in [0.29, 0.717) is 0 Å². The highest BCUT2D eigenvalue weighted by atomic mass is 16.0. The topological polar surface area (TPSA) is 63.0 Å². The lowest BCUT2D eigenvalue weighted by Crippen LogP contribution is -2.29. The van der Waals surface area contributed by atoms with Gasteiger partial charge in [0.05, 0.1) is 0 Å². The highest BCUT2D eigenvalue weighted by Crippen LogP contribution is 2.47. The molecule has 0 bridgehead atoms. The van der Waals surface area contributed by atoms with Gasteiger partial charge in [0.15, 0.2) is 0 Å². The zero-order chi connectivity index (χ0) is 30.7. The van der Waals surface area contributed by atoms with Gasteiger partial charge in [-0.05, 0) is 199 Å². The van der Waals surface area contributed by atoms with E-state index < -0.39 is 0 Å². The predicted octanol–water partition coefficient (Wildman–Crippen LogP) is 13.3. The lowest BCUT2D eigenvalue weighted by Gasteiger charge is -2.41. The molecule has 6 rings (SSSR count). The highest BCUT2D eigenvalue weighted by Gasteiger charge is 2.35. The molecule has 6 fully saturated rings. The van der Waals surface area contributed by atoms with Crippen LogP contribution >= 0.6 is 0 Å². The summed E-state index contributed by atoms with van der Waals surface area (Å²) in [5.74, 6) is 12.6. The fourth-order valence-electron chi connectivity index (χ4n) is 11.8. The van der Waals surface area contributed by atoms with Gasteiger partial charge in [0.25, 0.3) is 0 Å². The summed E-state index contributed by atoms with van der Waals surface area (Å²) in [5, 5.41) is 0. The lowest BCUT2D eigenvalue weighted by molar-refractivity contribution is 0.105. The van der Waals surface area contributed by atoms with Crippen LogP contribution in [-0.4, -0.2) is 11.0 Å². The van der Waals surface area contributed by atoms with Crippen molar-refractivity contribution in [3.63, 3.8) is 0 Å². The van der Waals surface area contributed by atoms with Crippen LogP contribution < -0.4 is 0 Å². The Kier molecular flexibility index (Phi) is 18.0. The van der Waals surface area contributed by atoms with Crippen molar-refractivity contribution in [1.29, 1.82) is 0 Å². The fourth-order valence-corrected chi connectivity index (χ4v) is 11.8. The Morgan fingerprint density at radius 2 is 0.674 bits per heavy atom. The molecule has 0 radical (unpaired) electrons. The van der Waals surface area contributed by atoms with Crippen molar-refractivity contribution in [3.8, 4) is 0 Å². The lowest BCUT2D eigenvalue weighted by atomic mass is 9.65. The summed E-state index contributed by atoms with van der Waals surface area (Å²) < 4.78 is 0. The minimum absolute atomic E-state index is 0. The molecule has 6 aliphatic carbocycles. The van der Waals surface area contributed by atoms with Crippen LogP contribution in [0.2, 0.25) is 0 Å². The Morgan fingerprint density at radius 3 is 0.957 bits per heavy atom. The van der Waals surface area contributed by atoms with E-state index in [1.165, 1.54) is 89.9 Å². The number of rotatable bonds is 8. The van der Waals surface area contributed by atoms with Crippen LogP contribution in [0.1, 0.15) is 186 Å². The molecular formula is C44H88O2. The van der Waals surface area contributed by atoms with Gasteiger partial charge >= 0.3 is 0 Å². The Balaban J connectivity index is 0. The maximum absolute atomic E-state index is 3.99. The van der Waals surface area contributed by atoms with Crippen molar-refractivity contribution in [2.45, 2.75) is 181 Å². The van der Waals surface area contributed by atoms with E-state index in [1.54, 1.807) is 77.0 Å². The summed E-state index contributed by atoms with van der Waals surface area (Å²) >= 11 is 0. The molecule has 4 N–H and O–H groups in total. The number of allylic oxidation sites excluding steroid dienone is 2. The first kappa shape index (κ1) is 39.8. The molecule has 0 atom stereocenters. The molecule has 6 aliphatic rings. The minimum atomic E-state index is 0. The Morgan fingerprint density at radius 1 is 0.413 bits per heavy atom. The summed E-state index contributed by atoms with van der Waals surface area (Å²) in [6.45, 7) is 12.8. The van der Waals surface area contributed by atoms with E-state index in [2.05, 4.69) is 39.2 Å². The Labute approximate surface area is 293 Å². The normalized spacial score (nSPS) is 41.8. The van der Waals surface area contributed by atoms with Crippen molar-refractivity contribution >= 4 is 0 Å². The van der Waals surface area contributed by atoms with Gasteiger partial charge in [-0.25, -0.2) is 0 Å². The summed E-state index contributed by atoms with van der Waals surface area (Å²) in [7, 11) is 0. The number of hydrogen-bond acceptors (Lipinski definition) is 0. The predicted molar refractivity (Wildman–Crippen MR) is 209 cm³/mol. The van der Waals surface area contributed by atoms with E-state index in [9.17, 15) is 0 Å². The first-order chi connectivity index (χ1) is 21.5. The van der Waals surface area contributed by atoms with E-state index in [-0.39, 0.29) is 16.7 Å². The van der Waals surface area contributed by atoms with E-state index in [0.717, 1.165) is 71.0 Å². The zero-order valence-corrected chi connectivity index (χ0v) is 30.9. The van der Waals surface area contributed by atoms with Crippen molar-refractivity contribution in [1.82, 2.24) is 0 Å². The third-order valence-corrected chi connectivity index (χ3v) is 15.2. The molecule has 276 valence electrons. The van der Waals surface area contributed by atoms with Crippen molar-refractivity contribution in [2.75, 3.05) is 0 Å². The van der Waals surface area contributed by atoms with Gasteiger partial charge in [0.1, 0.15) is 0 Å².